The number of carbonyl (C=O) groups is 1. The van der Waals surface area contributed by atoms with E-state index in [1.54, 1.807) is 12.1 Å². The summed E-state index contributed by atoms with van der Waals surface area (Å²) < 4.78 is 14.1. The molecule has 4 atom stereocenters. The highest BCUT2D eigenvalue weighted by atomic mass is 19.1. The van der Waals surface area contributed by atoms with Gasteiger partial charge in [-0.2, -0.15) is 0 Å². The Labute approximate surface area is 193 Å². The Morgan fingerprint density at radius 2 is 1.73 bits per heavy atom. The number of hydrogen-bond donors (Lipinski definition) is 1. The Morgan fingerprint density at radius 1 is 1.03 bits per heavy atom. The smallest absolute Gasteiger partial charge is 0.123 e. The van der Waals surface area contributed by atoms with E-state index in [0.29, 0.717) is 31.5 Å². The quantitative estimate of drug-likeness (QED) is 0.655. The minimum Gasteiger partial charge on any atom is -0.549 e. The number of carboxylic acids is 1. The van der Waals surface area contributed by atoms with Gasteiger partial charge in [-0.25, -0.2) is 4.39 Å². The largest absolute Gasteiger partial charge is 0.549 e. The van der Waals surface area contributed by atoms with Crippen LogP contribution in [0.5, 0.6) is 0 Å². The monoisotopic (exact) mass is 444 g/mol. The van der Waals surface area contributed by atoms with Gasteiger partial charge in [0.15, 0.2) is 0 Å². The minimum atomic E-state index is -1.46. The van der Waals surface area contributed by atoms with Crippen LogP contribution in [0.4, 0.5) is 4.39 Å². The van der Waals surface area contributed by atoms with E-state index in [2.05, 4.69) is 4.90 Å². The van der Waals surface area contributed by atoms with Crippen molar-refractivity contribution in [2.45, 2.75) is 30.9 Å². The van der Waals surface area contributed by atoms with Crippen molar-refractivity contribution in [1.82, 2.24) is 4.90 Å². The fourth-order valence-electron chi connectivity index (χ4n) is 6.26. The van der Waals surface area contributed by atoms with Gasteiger partial charge in [-0.1, -0.05) is 72.8 Å². The van der Waals surface area contributed by atoms with Crippen molar-refractivity contribution in [1.29, 1.82) is 0 Å². The first-order valence-electron chi connectivity index (χ1n) is 11.4. The van der Waals surface area contributed by atoms with Crippen LogP contribution in [0.1, 0.15) is 35.4 Å². The summed E-state index contributed by atoms with van der Waals surface area (Å²) >= 11 is 0. The number of nitrogens with zero attached hydrogens (tertiary/aromatic N) is 1. The topological polar surface area (TPSA) is 63.6 Å². The normalized spacial score (nSPS) is 29.5. The Hall–Kier alpha value is -3.02. The molecule has 1 saturated carbocycles. The molecule has 5 heteroatoms. The molecule has 1 aliphatic heterocycles. The molecular formula is C28H27FNO3-. The molecule has 3 aromatic carbocycles. The number of aliphatic hydroxyl groups is 1. The molecule has 0 amide bonds. The van der Waals surface area contributed by atoms with E-state index < -0.39 is 28.7 Å². The summed E-state index contributed by atoms with van der Waals surface area (Å²) in [6.45, 7) is 1.23. The molecule has 0 radical (unpaired) electrons. The van der Waals surface area contributed by atoms with Crippen LogP contribution in [0, 0.1) is 17.2 Å². The van der Waals surface area contributed by atoms with Crippen LogP contribution in [0.2, 0.25) is 0 Å². The summed E-state index contributed by atoms with van der Waals surface area (Å²) in [4.78, 5) is 15.1. The van der Waals surface area contributed by atoms with Gasteiger partial charge < -0.3 is 15.0 Å². The second-order valence-electron chi connectivity index (χ2n) is 9.47. The van der Waals surface area contributed by atoms with Crippen molar-refractivity contribution in [3.8, 4) is 0 Å². The summed E-state index contributed by atoms with van der Waals surface area (Å²) in [5.74, 6) is -2.53. The molecule has 1 saturated heterocycles. The highest BCUT2D eigenvalue weighted by Crippen LogP contribution is 2.60. The molecule has 1 aliphatic carbocycles. The molecule has 3 aromatic rings. The highest BCUT2D eigenvalue weighted by molar-refractivity contribution is 5.76. The third-order valence-corrected chi connectivity index (χ3v) is 7.72. The number of benzene rings is 3. The van der Waals surface area contributed by atoms with Crippen LogP contribution < -0.4 is 5.11 Å². The number of carboxylic acid groups (broad SMARTS) is 1. The van der Waals surface area contributed by atoms with Crippen molar-refractivity contribution >= 4 is 5.97 Å². The molecule has 0 aromatic heterocycles. The fraction of sp³-hybridized carbons (Fsp3) is 0.321. The lowest BCUT2D eigenvalue weighted by Crippen LogP contribution is -2.59. The number of fused-ring (bicyclic) bond motifs is 1. The predicted octanol–water partition coefficient (Wildman–Crippen LogP) is 3.46. The van der Waals surface area contributed by atoms with Crippen LogP contribution in [0.15, 0.2) is 84.9 Å². The van der Waals surface area contributed by atoms with Crippen molar-refractivity contribution in [2.24, 2.45) is 11.3 Å². The van der Waals surface area contributed by atoms with Crippen LogP contribution >= 0.6 is 0 Å². The molecule has 1 heterocycles. The first kappa shape index (κ1) is 21.8. The van der Waals surface area contributed by atoms with Gasteiger partial charge in [0.1, 0.15) is 5.82 Å². The van der Waals surface area contributed by atoms with Gasteiger partial charge in [0.05, 0.1) is 5.60 Å². The fourth-order valence-corrected chi connectivity index (χ4v) is 6.26. The maximum atomic E-state index is 14.1. The van der Waals surface area contributed by atoms with E-state index in [-0.39, 0.29) is 12.5 Å². The molecule has 0 bridgehead atoms. The van der Waals surface area contributed by atoms with Crippen LogP contribution in [0.25, 0.3) is 0 Å². The standard InChI is InChI=1S/C28H28FNO3/c29-23-13-7-12-22(16-23)28(33)15-14-24(21-10-5-2-6-11-21)27(26(31)32)19-30(18-25(27)28)17-20-8-3-1-4-9-20/h1-13,16,24-25,33H,14-15,17-19H2,(H,31,32)/p-1. The number of likely N-dealkylation sites (tertiary alicyclic amines) is 1. The number of carbonyl (C=O) groups excluding carboxylic acids is 1. The molecule has 2 fully saturated rings. The lowest BCUT2D eigenvalue weighted by molar-refractivity contribution is -0.327. The second-order valence-corrected chi connectivity index (χ2v) is 9.47. The van der Waals surface area contributed by atoms with Crippen molar-refractivity contribution in [3.05, 3.63) is 107 Å². The maximum Gasteiger partial charge on any atom is 0.123 e. The van der Waals surface area contributed by atoms with Gasteiger partial charge in [0.2, 0.25) is 0 Å². The van der Waals surface area contributed by atoms with Crippen molar-refractivity contribution in [2.75, 3.05) is 13.1 Å². The Kier molecular flexibility index (Phi) is 5.55. The molecular weight excluding hydrogens is 417 g/mol. The van der Waals surface area contributed by atoms with E-state index in [9.17, 15) is 19.4 Å². The van der Waals surface area contributed by atoms with E-state index in [1.807, 2.05) is 60.7 Å². The average molecular weight is 445 g/mol. The average Bonchev–Trinajstić information content (AvgIpc) is 3.22. The predicted molar refractivity (Wildman–Crippen MR) is 121 cm³/mol. The number of aliphatic carboxylic acids is 1. The van der Waals surface area contributed by atoms with Gasteiger partial charge >= 0.3 is 0 Å². The second kappa shape index (κ2) is 8.40. The zero-order chi connectivity index (χ0) is 23.1. The van der Waals surface area contributed by atoms with Crippen molar-refractivity contribution in [3.63, 3.8) is 0 Å². The summed E-state index contributed by atoms with van der Waals surface area (Å²) in [6, 6.07) is 25.5. The molecule has 0 spiro atoms. The minimum absolute atomic E-state index is 0.270. The third kappa shape index (κ3) is 3.65. The maximum absolute atomic E-state index is 14.1. The Morgan fingerprint density at radius 3 is 2.39 bits per heavy atom. The highest BCUT2D eigenvalue weighted by Gasteiger charge is 2.63. The number of hydrogen-bond acceptors (Lipinski definition) is 4. The summed E-state index contributed by atoms with van der Waals surface area (Å²) in [5, 5.41) is 25.0. The molecule has 4 unspecified atom stereocenters. The molecule has 2 aliphatic rings. The van der Waals surface area contributed by atoms with E-state index in [1.165, 1.54) is 12.1 Å². The molecule has 4 nitrogen and oxygen atoms in total. The van der Waals surface area contributed by atoms with Crippen LogP contribution in [0.3, 0.4) is 0 Å². The molecule has 170 valence electrons. The lowest BCUT2D eigenvalue weighted by atomic mass is 9.53. The van der Waals surface area contributed by atoms with Gasteiger partial charge in [-0.15, -0.1) is 0 Å². The summed E-state index contributed by atoms with van der Waals surface area (Å²) in [7, 11) is 0. The SMILES string of the molecule is O=C([O-])C12CN(Cc3ccccc3)CC1C(O)(c1cccc(F)c1)CCC2c1ccccc1. The Bertz CT molecular complexity index is 1140. The Balaban J connectivity index is 1.61. The first-order valence-corrected chi connectivity index (χ1v) is 11.4. The van der Waals surface area contributed by atoms with Gasteiger partial charge in [-0.3, -0.25) is 4.90 Å². The van der Waals surface area contributed by atoms with Crippen LogP contribution in [-0.2, 0) is 16.9 Å². The van der Waals surface area contributed by atoms with E-state index in [0.717, 1.165) is 11.1 Å². The third-order valence-electron chi connectivity index (χ3n) is 7.72. The van der Waals surface area contributed by atoms with E-state index in [4.69, 9.17) is 0 Å². The van der Waals surface area contributed by atoms with Crippen molar-refractivity contribution < 1.29 is 19.4 Å². The molecule has 5 rings (SSSR count). The number of rotatable bonds is 5. The first-order chi connectivity index (χ1) is 15.9. The van der Waals surface area contributed by atoms with Gasteiger partial charge in [0, 0.05) is 36.9 Å². The van der Waals surface area contributed by atoms with Gasteiger partial charge in [0.25, 0.3) is 0 Å². The molecule has 33 heavy (non-hydrogen) atoms. The summed E-state index contributed by atoms with van der Waals surface area (Å²) in [5.41, 5.74) is -0.301. The zero-order valence-corrected chi connectivity index (χ0v) is 18.4. The zero-order valence-electron chi connectivity index (χ0n) is 18.4. The van der Waals surface area contributed by atoms with Crippen LogP contribution in [-0.4, -0.2) is 29.1 Å². The lowest BCUT2D eigenvalue weighted by Gasteiger charge is -2.53. The van der Waals surface area contributed by atoms with Gasteiger partial charge in [-0.05, 0) is 47.6 Å². The summed E-state index contributed by atoms with van der Waals surface area (Å²) in [6.07, 6.45) is 0.829. The molecule has 1 N–H and O–H groups in total. The van der Waals surface area contributed by atoms with E-state index >= 15 is 0 Å². The number of halogens is 1.